The Morgan fingerprint density at radius 3 is 2.53 bits per heavy atom. The third kappa shape index (κ3) is 4.14. The molecule has 0 aliphatic heterocycles. The Balaban J connectivity index is 1.36. The van der Waals surface area contributed by atoms with Gasteiger partial charge >= 0.3 is 0 Å². The largest absolute Gasteiger partial charge is 0.318 e. The minimum Gasteiger partial charge on any atom is -0.318 e. The highest BCUT2D eigenvalue weighted by molar-refractivity contribution is 6.00. The summed E-state index contributed by atoms with van der Waals surface area (Å²) in [6.07, 6.45) is 2.35. The lowest BCUT2D eigenvalue weighted by molar-refractivity contribution is -0.121. The van der Waals surface area contributed by atoms with Gasteiger partial charge in [0.1, 0.15) is 12.4 Å². The highest BCUT2D eigenvalue weighted by Gasteiger charge is 2.13. The van der Waals surface area contributed by atoms with Crippen LogP contribution >= 0.6 is 0 Å². The summed E-state index contributed by atoms with van der Waals surface area (Å²) in [5.74, 6) is 0.657. The van der Waals surface area contributed by atoms with Gasteiger partial charge < -0.3 is 4.57 Å². The Kier molecular flexibility index (Phi) is 5.45. The summed E-state index contributed by atoms with van der Waals surface area (Å²) in [6.45, 7) is 0.148. The average molecular weight is 419 g/mol. The predicted molar refractivity (Wildman–Crippen MR) is 129 cm³/mol. The average Bonchev–Trinajstić information content (AvgIpc) is 3.16. The summed E-state index contributed by atoms with van der Waals surface area (Å²) in [7, 11) is 0. The number of aromatic nitrogens is 2. The van der Waals surface area contributed by atoms with Gasteiger partial charge in [0.15, 0.2) is 0 Å². The lowest BCUT2D eigenvalue weighted by Crippen LogP contribution is -2.24. The van der Waals surface area contributed by atoms with Crippen LogP contribution in [0.25, 0.3) is 21.8 Å². The lowest BCUT2D eigenvalue weighted by Gasteiger charge is -2.08. The highest BCUT2D eigenvalue weighted by Crippen LogP contribution is 2.19. The molecular formula is C27H22N4O. The summed E-state index contributed by atoms with van der Waals surface area (Å²) < 4.78 is 1.96. The Labute approximate surface area is 186 Å². The molecule has 156 valence electrons. The van der Waals surface area contributed by atoms with Crippen molar-refractivity contribution in [2.45, 2.75) is 13.0 Å². The van der Waals surface area contributed by atoms with Gasteiger partial charge in [-0.05, 0) is 28.5 Å². The van der Waals surface area contributed by atoms with Crippen LogP contribution in [0.15, 0.2) is 102 Å². The van der Waals surface area contributed by atoms with E-state index in [0.717, 1.165) is 38.8 Å². The van der Waals surface area contributed by atoms with Gasteiger partial charge in [-0.15, -0.1) is 0 Å². The fourth-order valence-corrected chi connectivity index (χ4v) is 3.93. The van der Waals surface area contributed by atoms with Gasteiger partial charge in [-0.3, -0.25) is 4.79 Å². The molecule has 1 N–H and O–H groups in total. The van der Waals surface area contributed by atoms with Gasteiger partial charge in [-0.2, -0.15) is 5.10 Å². The van der Waals surface area contributed by atoms with E-state index in [1.807, 2.05) is 77.4 Å². The number of fused-ring (bicyclic) bond motifs is 2. The Bertz CT molecular complexity index is 1410. The van der Waals surface area contributed by atoms with Crippen LogP contribution in [-0.2, 0) is 17.8 Å². The molecule has 0 saturated carbocycles. The van der Waals surface area contributed by atoms with Gasteiger partial charge in [0.2, 0.25) is 0 Å². The van der Waals surface area contributed by atoms with Crippen molar-refractivity contribution >= 4 is 33.9 Å². The molecule has 0 spiro atoms. The van der Waals surface area contributed by atoms with Crippen molar-refractivity contribution in [1.29, 1.82) is 0 Å². The first-order valence-corrected chi connectivity index (χ1v) is 10.6. The third-order valence-corrected chi connectivity index (χ3v) is 5.46. The molecule has 0 atom stereocenters. The molecule has 0 saturated heterocycles. The number of imidazole rings is 1. The van der Waals surface area contributed by atoms with Crippen molar-refractivity contribution in [2.24, 2.45) is 5.10 Å². The van der Waals surface area contributed by atoms with E-state index >= 15 is 0 Å². The molecule has 0 aliphatic carbocycles. The second kappa shape index (κ2) is 8.86. The molecule has 5 heteroatoms. The second-order valence-electron chi connectivity index (χ2n) is 7.63. The van der Waals surface area contributed by atoms with E-state index in [2.05, 4.69) is 34.8 Å². The topological polar surface area (TPSA) is 59.3 Å². The van der Waals surface area contributed by atoms with Crippen molar-refractivity contribution in [3.63, 3.8) is 0 Å². The maximum absolute atomic E-state index is 12.7. The molecule has 4 aromatic carbocycles. The van der Waals surface area contributed by atoms with Crippen LogP contribution in [0.4, 0.5) is 0 Å². The molecule has 1 amide bonds. The molecule has 32 heavy (non-hydrogen) atoms. The zero-order valence-corrected chi connectivity index (χ0v) is 17.5. The van der Waals surface area contributed by atoms with E-state index in [1.54, 1.807) is 6.21 Å². The molecule has 0 fully saturated rings. The Hall–Kier alpha value is -4.25. The Morgan fingerprint density at radius 2 is 1.62 bits per heavy atom. The number of nitrogens with zero attached hydrogens (tertiary/aromatic N) is 3. The molecule has 1 heterocycles. The standard InChI is InChI=1S/C27H22N4O/c32-27(30-28-18-22-13-8-12-21-11-4-5-14-23(21)22)19-31-25-16-7-6-15-24(25)29-26(31)17-20-9-2-1-3-10-20/h1-16,18H,17,19H2,(H,30,32). The van der Waals surface area contributed by atoms with Crippen molar-refractivity contribution < 1.29 is 4.79 Å². The van der Waals surface area contributed by atoms with Crippen molar-refractivity contribution in [3.8, 4) is 0 Å². The zero-order valence-electron chi connectivity index (χ0n) is 17.5. The molecule has 1 aromatic heterocycles. The maximum Gasteiger partial charge on any atom is 0.260 e. The zero-order chi connectivity index (χ0) is 21.8. The number of hydrogen-bond acceptors (Lipinski definition) is 3. The van der Waals surface area contributed by atoms with Crippen molar-refractivity contribution in [2.75, 3.05) is 0 Å². The monoisotopic (exact) mass is 418 g/mol. The summed E-state index contributed by atoms with van der Waals surface area (Å²) in [6, 6.07) is 32.2. The van der Waals surface area contributed by atoms with Crippen LogP contribution in [0.1, 0.15) is 17.0 Å². The van der Waals surface area contributed by atoms with Crippen LogP contribution in [-0.4, -0.2) is 21.7 Å². The van der Waals surface area contributed by atoms with E-state index in [9.17, 15) is 4.79 Å². The van der Waals surface area contributed by atoms with Crippen molar-refractivity contribution in [3.05, 3.63) is 114 Å². The van der Waals surface area contributed by atoms with Crippen LogP contribution in [0.2, 0.25) is 0 Å². The second-order valence-corrected chi connectivity index (χ2v) is 7.63. The van der Waals surface area contributed by atoms with Gasteiger partial charge in [-0.25, -0.2) is 10.4 Å². The number of hydrogen-bond donors (Lipinski definition) is 1. The number of hydrazone groups is 1. The Morgan fingerprint density at radius 1 is 0.875 bits per heavy atom. The first kappa shape index (κ1) is 19.7. The molecule has 0 bridgehead atoms. The van der Waals surface area contributed by atoms with Gasteiger partial charge in [0.05, 0.1) is 17.2 Å². The number of carbonyl (C=O) groups is 1. The summed E-state index contributed by atoms with van der Waals surface area (Å²) in [5, 5.41) is 6.44. The van der Waals surface area contributed by atoms with Crippen LogP contribution in [0, 0.1) is 0 Å². The van der Waals surface area contributed by atoms with Gasteiger partial charge in [0.25, 0.3) is 5.91 Å². The van der Waals surface area contributed by atoms with E-state index in [1.165, 1.54) is 0 Å². The maximum atomic E-state index is 12.7. The highest BCUT2D eigenvalue weighted by atomic mass is 16.2. The molecule has 5 aromatic rings. The fourth-order valence-electron chi connectivity index (χ4n) is 3.93. The van der Waals surface area contributed by atoms with Crippen LogP contribution in [0.3, 0.4) is 0 Å². The molecule has 0 unspecified atom stereocenters. The molecule has 0 aliphatic rings. The quantitative estimate of drug-likeness (QED) is 0.314. The number of nitrogens with one attached hydrogen (secondary N) is 1. The predicted octanol–water partition coefficient (Wildman–Crippen LogP) is 4.93. The van der Waals surface area contributed by atoms with Crippen LogP contribution < -0.4 is 5.43 Å². The van der Waals surface area contributed by atoms with Gasteiger partial charge in [-0.1, -0.05) is 84.9 Å². The normalized spacial score (nSPS) is 11.4. The first-order valence-electron chi connectivity index (χ1n) is 10.6. The van der Waals surface area contributed by atoms with Crippen molar-refractivity contribution in [1.82, 2.24) is 15.0 Å². The number of rotatable bonds is 6. The number of benzene rings is 4. The first-order chi connectivity index (χ1) is 15.8. The minimum atomic E-state index is -0.195. The van der Waals surface area contributed by atoms with E-state index in [0.29, 0.717) is 6.42 Å². The number of amides is 1. The summed E-state index contributed by atoms with van der Waals surface area (Å²) in [4.78, 5) is 17.5. The molecular weight excluding hydrogens is 396 g/mol. The third-order valence-electron chi connectivity index (χ3n) is 5.46. The summed E-state index contributed by atoms with van der Waals surface area (Å²) in [5.41, 5.74) is 6.60. The molecule has 5 nitrogen and oxygen atoms in total. The van der Waals surface area contributed by atoms with E-state index in [4.69, 9.17) is 4.98 Å². The van der Waals surface area contributed by atoms with Crippen LogP contribution in [0.5, 0.6) is 0 Å². The summed E-state index contributed by atoms with van der Waals surface area (Å²) >= 11 is 0. The van der Waals surface area contributed by atoms with Gasteiger partial charge in [0, 0.05) is 12.0 Å². The SMILES string of the molecule is O=C(Cn1c(Cc2ccccc2)nc2ccccc21)NN=Cc1cccc2ccccc12. The van der Waals surface area contributed by atoms with E-state index in [-0.39, 0.29) is 12.5 Å². The number of carbonyl (C=O) groups excluding carboxylic acids is 1. The molecule has 5 rings (SSSR count). The smallest absolute Gasteiger partial charge is 0.260 e. The van der Waals surface area contributed by atoms with E-state index < -0.39 is 0 Å². The molecule has 0 radical (unpaired) electrons. The lowest BCUT2D eigenvalue weighted by atomic mass is 10.1. The fraction of sp³-hybridized carbons (Fsp3) is 0.0741. The number of para-hydroxylation sites is 2. The minimum absolute atomic E-state index is 0.148.